The quantitative estimate of drug-likeness (QED) is 0.795. The molecular formula is C16H25NO3. The molecule has 1 saturated carbocycles. The molecule has 0 spiro atoms. The number of ether oxygens (including phenoxy) is 2. The van der Waals surface area contributed by atoms with Gasteiger partial charge in [0.25, 0.3) is 0 Å². The summed E-state index contributed by atoms with van der Waals surface area (Å²) in [5, 5.41) is 0. The standard InChI is InChI=1S/C16H25NO3/c1-2-19-15-13-8-9-14(15)20-11-10-17(13)16(18)12-6-4-3-5-7-12/h6,13-15H,2-5,7-11H2,1H3. The summed E-state index contributed by atoms with van der Waals surface area (Å²) in [6.45, 7) is 4.05. The smallest absolute Gasteiger partial charge is 0.249 e. The molecule has 0 radical (unpaired) electrons. The molecule has 3 aliphatic rings. The van der Waals surface area contributed by atoms with Crippen LogP contribution in [-0.4, -0.2) is 48.8 Å². The molecule has 2 bridgehead atoms. The molecule has 1 saturated heterocycles. The molecule has 3 rings (SSSR count). The van der Waals surface area contributed by atoms with Gasteiger partial charge in [-0.05, 0) is 45.4 Å². The Balaban J connectivity index is 1.77. The Morgan fingerprint density at radius 2 is 2.35 bits per heavy atom. The van der Waals surface area contributed by atoms with E-state index in [1.165, 1.54) is 6.42 Å². The normalized spacial score (nSPS) is 33.8. The first-order valence-electron chi connectivity index (χ1n) is 8.04. The zero-order valence-corrected chi connectivity index (χ0v) is 12.3. The van der Waals surface area contributed by atoms with Crippen LogP contribution in [0.2, 0.25) is 0 Å². The fraction of sp³-hybridized carbons (Fsp3) is 0.812. The predicted molar refractivity (Wildman–Crippen MR) is 76.4 cm³/mol. The van der Waals surface area contributed by atoms with Crippen molar-refractivity contribution < 1.29 is 14.3 Å². The van der Waals surface area contributed by atoms with Gasteiger partial charge in [0, 0.05) is 18.7 Å². The highest BCUT2D eigenvalue weighted by Gasteiger charge is 2.44. The lowest BCUT2D eigenvalue weighted by molar-refractivity contribution is -0.131. The van der Waals surface area contributed by atoms with Crippen molar-refractivity contribution in [2.75, 3.05) is 19.8 Å². The van der Waals surface area contributed by atoms with Crippen LogP contribution in [0.3, 0.4) is 0 Å². The Morgan fingerprint density at radius 1 is 1.45 bits per heavy atom. The molecule has 4 heteroatoms. The summed E-state index contributed by atoms with van der Waals surface area (Å²) >= 11 is 0. The third kappa shape index (κ3) is 2.63. The van der Waals surface area contributed by atoms with E-state index in [2.05, 4.69) is 6.08 Å². The predicted octanol–water partition coefficient (Wildman–Crippen LogP) is 2.28. The van der Waals surface area contributed by atoms with Gasteiger partial charge in [0.05, 0.1) is 18.8 Å². The van der Waals surface area contributed by atoms with Gasteiger partial charge in [-0.25, -0.2) is 0 Å². The van der Waals surface area contributed by atoms with Gasteiger partial charge >= 0.3 is 0 Å². The zero-order valence-electron chi connectivity index (χ0n) is 12.3. The summed E-state index contributed by atoms with van der Waals surface area (Å²) < 4.78 is 11.8. The molecule has 2 aliphatic carbocycles. The lowest BCUT2D eigenvalue weighted by Crippen LogP contribution is -2.47. The highest BCUT2D eigenvalue weighted by Crippen LogP contribution is 2.33. The number of rotatable bonds is 3. The third-order valence-corrected chi connectivity index (χ3v) is 4.74. The number of hydrogen-bond donors (Lipinski definition) is 0. The van der Waals surface area contributed by atoms with Crippen LogP contribution in [-0.2, 0) is 14.3 Å². The average molecular weight is 279 g/mol. The largest absolute Gasteiger partial charge is 0.374 e. The van der Waals surface area contributed by atoms with Crippen LogP contribution in [0.4, 0.5) is 0 Å². The summed E-state index contributed by atoms with van der Waals surface area (Å²) in [5.41, 5.74) is 1.01. The number of amides is 1. The molecule has 4 nitrogen and oxygen atoms in total. The van der Waals surface area contributed by atoms with Crippen LogP contribution in [0.25, 0.3) is 0 Å². The van der Waals surface area contributed by atoms with Crippen molar-refractivity contribution in [3.05, 3.63) is 11.6 Å². The van der Waals surface area contributed by atoms with Gasteiger partial charge in [-0.1, -0.05) is 6.08 Å². The van der Waals surface area contributed by atoms with E-state index in [0.29, 0.717) is 19.8 Å². The van der Waals surface area contributed by atoms with E-state index >= 15 is 0 Å². The van der Waals surface area contributed by atoms with Gasteiger partial charge in [0.15, 0.2) is 0 Å². The maximum Gasteiger partial charge on any atom is 0.249 e. The summed E-state index contributed by atoms with van der Waals surface area (Å²) in [6, 6.07) is 0.206. The molecule has 0 aromatic heterocycles. The zero-order chi connectivity index (χ0) is 13.9. The van der Waals surface area contributed by atoms with Gasteiger partial charge in [-0.15, -0.1) is 0 Å². The van der Waals surface area contributed by atoms with Crippen molar-refractivity contribution in [3.8, 4) is 0 Å². The van der Waals surface area contributed by atoms with E-state index in [4.69, 9.17) is 9.47 Å². The fourth-order valence-corrected chi connectivity index (χ4v) is 3.77. The van der Waals surface area contributed by atoms with Crippen molar-refractivity contribution in [1.29, 1.82) is 0 Å². The van der Waals surface area contributed by atoms with Crippen LogP contribution in [0.1, 0.15) is 45.4 Å². The molecule has 0 N–H and O–H groups in total. The number of nitrogens with zero attached hydrogens (tertiary/aromatic N) is 1. The van der Waals surface area contributed by atoms with Crippen molar-refractivity contribution in [3.63, 3.8) is 0 Å². The van der Waals surface area contributed by atoms with E-state index in [9.17, 15) is 4.79 Å². The van der Waals surface area contributed by atoms with Gasteiger partial charge in [-0.2, -0.15) is 0 Å². The molecule has 0 aromatic rings. The molecule has 1 amide bonds. The van der Waals surface area contributed by atoms with Crippen molar-refractivity contribution in [2.45, 2.75) is 63.7 Å². The fourth-order valence-electron chi connectivity index (χ4n) is 3.77. The third-order valence-electron chi connectivity index (χ3n) is 4.74. The highest BCUT2D eigenvalue weighted by molar-refractivity contribution is 5.93. The first-order valence-corrected chi connectivity index (χ1v) is 8.04. The molecule has 0 aromatic carbocycles. The highest BCUT2D eigenvalue weighted by atomic mass is 16.5. The molecule has 3 atom stereocenters. The topological polar surface area (TPSA) is 38.8 Å². The van der Waals surface area contributed by atoms with E-state index in [1.54, 1.807) is 0 Å². The van der Waals surface area contributed by atoms with Crippen molar-refractivity contribution in [2.24, 2.45) is 0 Å². The van der Waals surface area contributed by atoms with Crippen LogP contribution >= 0.6 is 0 Å². The molecule has 1 heterocycles. The minimum absolute atomic E-state index is 0.0654. The average Bonchev–Trinajstić information content (AvgIpc) is 2.76. The molecule has 112 valence electrons. The number of carbonyl (C=O) groups excluding carboxylic acids is 1. The van der Waals surface area contributed by atoms with E-state index in [-0.39, 0.29) is 24.2 Å². The number of hydrogen-bond acceptors (Lipinski definition) is 3. The summed E-state index contributed by atoms with van der Waals surface area (Å²) in [5.74, 6) is 0.227. The number of fused-ring (bicyclic) bond motifs is 2. The Hall–Kier alpha value is -0.870. The minimum atomic E-state index is 0.0654. The first kappa shape index (κ1) is 14.1. The van der Waals surface area contributed by atoms with Gasteiger partial charge in [0.1, 0.15) is 6.10 Å². The second-order valence-electron chi connectivity index (χ2n) is 5.95. The number of carbonyl (C=O) groups is 1. The molecular weight excluding hydrogens is 254 g/mol. The molecule has 1 aliphatic heterocycles. The lowest BCUT2D eigenvalue weighted by atomic mass is 9.97. The molecule has 2 fully saturated rings. The lowest BCUT2D eigenvalue weighted by Gasteiger charge is -2.32. The van der Waals surface area contributed by atoms with Crippen LogP contribution in [0.5, 0.6) is 0 Å². The second kappa shape index (κ2) is 6.27. The van der Waals surface area contributed by atoms with Gasteiger partial charge in [-0.3, -0.25) is 4.79 Å². The number of allylic oxidation sites excluding steroid dienone is 1. The maximum atomic E-state index is 12.8. The first-order chi connectivity index (χ1) is 9.81. The van der Waals surface area contributed by atoms with Crippen molar-refractivity contribution in [1.82, 2.24) is 4.90 Å². The Labute approximate surface area is 121 Å². The molecule has 20 heavy (non-hydrogen) atoms. The minimum Gasteiger partial charge on any atom is -0.374 e. The van der Waals surface area contributed by atoms with Crippen LogP contribution < -0.4 is 0 Å². The van der Waals surface area contributed by atoms with Crippen LogP contribution in [0, 0.1) is 0 Å². The SMILES string of the molecule is CCOC1C2CCC1N(C(=O)C1=CCCCC1)CCO2. The summed E-state index contributed by atoms with van der Waals surface area (Å²) in [7, 11) is 0. The Morgan fingerprint density at radius 3 is 3.10 bits per heavy atom. The maximum absolute atomic E-state index is 12.8. The van der Waals surface area contributed by atoms with Gasteiger partial charge in [0.2, 0.25) is 5.91 Å². The van der Waals surface area contributed by atoms with Crippen LogP contribution in [0.15, 0.2) is 11.6 Å². The van der Waals surface area contributed by atoms with Gasteiger partial charge < -0.3 is 14.4 Å². The van der Waals surface area contributed by atoms with E-state index in [1.807, 2.05) is 11.8 Å². The van der Waals surface area contributed by atoms with E-state index in [0.717, 1.165) is 37.7 Å². The van der Waals surface area contributed by atoms with E-state index < -0.39 is 0 Å². The second-order valence-corrected chi connectivity index (χ2v) is 5.95. The Kier molecular flexibility index (Phi) is 4.41. The summed E-state index contributed by atoms with van der Waals surface area (Å²) in [6.07, 6.45) is 8.75. The Bertz CT molecular complexity index is 393. The molecule has 3 unspecified atom stereocenters. The van der Waals surface area contributed by atoms with Crippen molar-refractivity contribution >= 4 is 5.91 Å². The monoisotopic (exact) mass is 279 g/mol. The summed E-state index contributed by atoms with van der Waals surface area (Å²) in [4.78, 5) is 14.8.